The van der Waals surface area contributed by atoms with Gasteiger partial charge < -0.3 is 9.16 Å². The van der Waals surface area contributed by atoms with E-state index >= 15 is 0 Å². The van der Waals surface area contributed by atoms with Crippen LogP contribution in [0, 0.1) is 5.41 Å². The van der Waals surface area contributed by atoms with Crippen molar-refractivity contribution in [3.63, 3.8) is 0 Å². The Bertz CT molecular complexity index is 382. The molecule has 0 aromatic carbocycles. The van der Waals surface area contributed by atoms with Gasteiger partial charge in [0.05, 0.1) is 19.6 Å². The average molecular weight is 298 g/mol. The van der Waals surface area contributed by atoms with E-state index < -0.39 is 8.32 Å². The Morgan fingerprint density at radius 2 is 2.00 bits per heavy atom. The Balaban J connectivity index is 2.66. The van der Waals surface area contributed by atoms with Crippen LogP contribution in [0.2, 0.25) is 18.1 Å². The number of rotatable bonds is 4. The van der Waals surface area contributed by atoms with Gasteiger partial charge in [-0.1, -0.05) is 39.8 Å². The van der Waals surface area contributed by atoms with E-state index in [1.54, 1.807) is 0 Å². The number of ether oxygens (including phenoxy) is 1. The van der Waals surface area contributed by atoms with Gasteiger partial charge in [0, 0.05) is 0 Å². The number of carbonyl (C=O) groups excluding carboxylic acids is 1. The summed E-state index contributed by atoms with van der Waals surface area (Å²) in [7, 11) is -0.274. The summed E-state index contributed by atoms with van der Waals surface area (Å²) in [5.74, 6) is -0.138. The highest BCUT2D eigenvalue weighted by Crippen LogP contribution is 2.40. The molecule has 0 radical (unpaired) electrons. The fourth-order valence-electron chi connectivity index (χ4n) is 2.19. The van der Waals surface area contributed by atoms with E-state index in [9.17, 15) is 4.79 Å². The lowest BCUT2D eigenvalue weighted by Gasteiger charge is -2.41. The molecule has 0 N–H and O–H groups in total. The SMILES string of the molecule is COC(=O)C[C@]1(C)C=C[C@@H](O[Si](C)(C)C(C)(C)C)CC1. The number of hydrogen-bond acceptors (Lipinski definition) is 3. The second-order valence-electron chi connectivity index (χ2n) is 7.72. The quantitative estimate of drug-likeness (QED) is 0.441. The van der Waals surface area contributed by atoms with Crippen LogP contribution in [0.25, 0.3) is 0 Å². The van der Waals surface area contributed by atoms with Crippen molar-refractivity contribution in [2.24, 2.45) is 5.41 Å². The normalized spacial score (nSPS) is 27.4. The fourth-order valence-corrected chi connectivity index (χ4v) is 3.50. The monoisotopic (exact) mass is 298 g/mol. The Labute approximate surface area is 124 Å². The number of methoxy groups -OCH3 is 1. The van der Waals surface area contributed by atoms with Gasteiger partial charge in [0.1, 0.15) is 0 Å². The van der Waals surface area contributed by atoms with Crippen molar-refractivity contribution in [2.45, 2.75) is 71.2 Å². The number of hydrogen-bond donors (Lipinski definition) is 0. The third kappa shape index (κ3) is 4.45. The van der Waals surface area contributed by atoms with Gasteiger partial charge >= 0.3 is 5.97 Å². The zero-order chi connectivity index (χ0) is 15.6. The van der Waals surface area contributed by atoms with E-state index in [-0.39, 0.29) is 22.5 Å². The van der Waals surface area contributed by atoms with Gasteiger partial charge in [-0.25, -0.2) is 0 Å². The van der Waals surface area contributed by atoms with E-state index in [1.807, 2.05) is 0 Å². The molecule has 0 aromatic heterocycles. The van der Waals surface area contributed by atoms with Gasteiger partial charge in [-0.05, 0) is 36.4 Å². The van der Waals surface area contributed by atoms with Crippen molar-refractivity contribution in [3.05, 3.63) is 12.2 Å². The molecule has 20 heavy (non-hydrogen) atoms. The molecule has 0 saturated carbocycles. The second kappa shape index (κ2) is 6.02. The molecular weight excluding hydrogens is 268 g/mol. The number of allylic oxidation sites excluding steroid dienone is 1. The average Bonchev–Trinajstić information content (AvgIpc) is 2.30. The molecule has 0 aliphatic heterocycles. The molecule has 116 valence electrons. The molecule has 1 aliphatic carbocycles. The van der Waals surface area contributed by atoms with Crippen LogP contribution >= 0.6 is 0 Å². The van der Waals surface area contributed by atoms with Crippen molar-refractivity contribution in [1.82, 2.24) is 0 Å². The van der Waals surface area contributed by atoms with Gasteiger partial charge in [-0.3, -0.25) is 4.79 Å². The smallest absolute Gasteiger partial charge is 0.306 e. The first-order valence-electron chi connectivity index (χ1n) is 7.43. The molecule has 0 amide bonds. The van der Waals surface area contributed by atoms with Crippen LogP contribution in [0.5, 0.6) is 0 Å². The summed E-state index contributed by atoms with van der Waals surface area (Å²) in [6, 6.07) is 0. The third-order valence-electron chi connectivity index (χ3n) is 4.74. The Morgan fingerprint density at radius 3 is 2.40 bits per heavy atom. The topological polar surface area (TPSA) is 35.5 Å². The standard InChI is InChI=1S/C16H30O3Si/c1-15(2,3)20(6,7)19-13-8-10-16(4,11-9-13)12-14(17)18-5/h8,10,13H,9,11-12H2,1-7H3/t13-,16-/m1/s1. The lowest BCUT2D eigenvalue weighted by Crippen LogP contribution is -2.44. The van der Waals surface area contributed by atoms with Crippen LogP contribution in [0.4, 0.5) is 0 Å². The molecular formula is C16H30O3Si. The maximum atomic E-state index is 11.4. The first-order valence-corrected chi connectivity index (χ1v) is 10.3. The summed E-state index contributed by atoms with van der Waals surface area (Å²) >= 11 is 0. The highest BCUT2D eigenvalue weighted by Gasteiger charge is 2.40. The molecule has 4 heteroatoms. The molecule has 2 atom stereocenters. The van der Waals surface area contributed by atoms with E-state index in [0.717, 1.165) is 12.8 Å². The summed E-state index contributed by atoms with van der Waals surface area (Å²) in [5.41, 5.74) is -0.0830. The van der Waals surface area contributed by atoms with E-state index in [2.05, 4.69) is 52.9 Å². The first-order chi connectivity index (χ1) is 8.99. The fraction of sp³-hybridized carbons (Fsp3) is 0.812. The largest absolute Gasteiger partial charge is 0.469 e. The first kappa shape index (κ1) is 17.4. The van der Waals surface area contributed by atoms with Crippen molar-refractivity contribution < 1.29 is 14.0 Å². The molecule has 0 fully saturated rings. The highest BCUT2D eigenvalue weighted by molar-refractivity contribution is 6.74. The summed E-state index contributed by atoms with van der Waals surface area (Å²) in [6.07, 6.45) is 6.89. The van der Waals surface area contributed by atoms with Crippen LogP contribution in [0.1, 0.15) is 47.0 Å². The molecule has 0 saturated heterocycles. The maximum absolute atomic E-state index is 11.4. The molecule has 1 rings (SSSR count). The van der Waals surface area contributed by atoms with E-state index in [4.69, 9.17) is 9.16 Å². The lowest BCUT2D eigenvalue weighted by atomic mass is 9.77. The van der Waals surface area contributed by atoms with Gasteiger partial charge in [-0.2, -0.15) is 0 Å². The third-order valence-corrected chi connectivity index (χ3v) is 9.25. The number of esters is 1. The minimum atomic E-state index is -1.72. The summed E-state index contributed by atoms with van der Waals surface area (Å²) in [6.45, 7) is 13.4. The van der Waals surface area contributed by atoms with Crippen molar-refractivity contribution in [3.8, 4) is 0 Å². The van der Waals surface area contributed by atoms with Gasteiger partial charge in [0.2, 0.25) is 0 Å². The minimum Gasteiger partial charge on any atom is -0.469 e. The molecule has 0 aromatic rings. The summed E-state index contributed by atoms with van der Waals surface area (Å²) in [5, 5.41) is 0.230. The number of carbonyl (C=O) groups is 1. The summed E-state index contributed by atoms with van der Waals surface area (Å²) < 4.78 is 11.2. The van der Waals surface area contributed by atoms with Crippen molar-refractivity contribution in [1.29, 1.82) is 0 Å². The zero-order valence-corrected chi connectivity index (χ0v) is 15.1. The van der Waals surface area contributed by atoms with Crippen LogP contribution < -0.4 is 0 Å². The highest BCUT2D eigenvalue weighted by atomic mass is 28.4. The van der Waals surface area contributed by atoms with Crippen LogP contribution in [-0.4, -0.2) is 27.5 Å². The second-order valence-corrected chi connectivity index (χ2v) is 12.5. The van der Waals surface area contributed by atoms with Crippen LogP contribution in [-0.2, 0) is 14.0 Å². The molecule has 1 aliphatic rings. The molecule has 0 spiro atoms. The van der Waals surface area contributed by atoms with Crippen LogP contribution in [0.15, 0.2) is 12.2 Å². The molecule has 0 unspecified atom stereocenters. The Kier molecular flexibility index (Phi) is 5.25. The van der Waals surface area contributed by atoms with E-state index in [0.29, 0.717) is 6.42 Å². The van der Waals surface area contributed by atoms with Crippen molar-refractivity contribution in [2.75, 3.05) is 7.11 Å². The predicted octanol–water partition coefficient (Wildman–Crippen LogP) is 4.30. The maximum Gasteiger partial charge on any atom is 0.306 e. The van der Waals surface area contributed by atoms with Crippen molar-refractivity contribution >= 4 is 14.3 Å². The van der Waals surface area contributed by atoms with Gasteiger partial charge in [0.15, 0.2) is 8.32 Å². The van der Waals surface area contributed by atoms with Gasteiger partial charge in [0.25, 0.3) is 0 Å². The Morgan fingerprint density at radius 1 is 1.40 bits per heavy atom. The minimum absolute atomic E-state index is 0.0830. The molecule has 0 bridgehead atoms. The Hall–Kier alpha value is -0.613. The predicted molar refractivity (Wildman–Crippen MR) is 85.2 cm³/mol. The lowest BCUT2D eigenvalue weighted by molar-refractivity contribution is -0.142. The van der Waals surface area contributed by atoms with Crippen LogP contribution in [0.3, 0.4) is 0 Å². The zero-order valence-electron chi connectivity index (χ0n) is 14.1. The van der Waals surface area contributed by atoms with Gasteiger partial charge in [-0.15, -0.1) is 0 Å². The summed E-state index contributed by atoms with van der Waals surface area (Å²) in [4.78, 5) is 11.4. The van der Waals surface area contributed by atoms with E-state index in [1.165, 1.54) is 7.11 Å². The molecule has 3 nitrogen and oxygen atoms in total. The molecule has 0 heterocycles.